The van der Waals surface area contributed by atoms with Crippen molar-refractivity contribution in [2.45, 2.75) is 6.54 Å². The van der Waals surface area contributed by atoms with Gasteiger partial charge in [0.15, 0.2) is 0 Å². The fourth-order valence-corrected chi connectivity index (χ4v) is 3.89. The monoisotopic (exact) mass is 399 g/mol. The van der Waals surface area contributed by atoms with Gasteiger partial charge in [0, 0.05) is 75.5 Å². The third kappa shape index (κ3) is 4.52. The van der Waals surface area contributed by atoms with Crippen molar-refractivity contribution in [3.63, 3.8) is 0 Å². The zero-order valence-electron chi connectivity index (χ0n) is 17.6. The van der Waals surface area contributed by atoms with E-state index in [0.717, 1.165) is 49.7 Å². The molecule has 1 aromatic heterocycles. The Morgan fingerprint density at radius 1 is 0.933 bits per heavy atom. The zero-order chi connectivity index (χ0) is 20.9. The molecule has 5 nitrogen and oxygen atoms in total. The van der Waals surface area contributed by atoms with Crippen molar-refractivity contribution in [1.29, 1.82) is 0 Å². The van der Waals surface area contributed by atoms with Crippen LogP contribution in [0.25, 0.3) is 11.3 Å². The number of carbonyl (C=O) groups excluding carboxylic acids is 1. The molecule has 0 saturated carbocycles. The van der Waals surface area contributed by atoms with Gasteiger partial charge in [-0.05, 0) is 48.0 Å². The van der Waals surface area contributed by atoms with E-state index in [1.54, 1.807) is 0 Å². The number of hydrogen-bond donors (Lipinski definition) is 0. The van der Waals surface area contributed by atoms with E-state index >= 15 is 0 Å². The number of anilines is 2. The molecular formula is C25H27N4O. The molecule has 1 fully saturated rings. The molecule has 0 unspecified atom stereocenters. The van der Waals surface area contributed by atoms with Crippen LogP contribution < -0.4 is 9.80 Å². The number of rotatable bonds is 6. The van der Waals surface area contributed by atoms with Gasteiger partial charge in [-0.25, -0.2) is 0 Å². The summed E-state index contributed by atoms with van der Waals surface area (Å²) < 4.78 is 0. The van der Waals surface area contributed by atoms with Crippen molar-refractivity contribution in [3.8, 4) is 11.3 Å². The average molecular weight is 400 g/mol. The van der Waals surface area contributed by atoms with Crippen molar-refractivity contribution >= 4 is 17.7 Å². The molecule has 0 atom stereocenters. The van der Waals surface area contributed by atoms with Crippen LogP contribution >= 0.6 is 0 Å². The first-order chi connectivity index (χ1) is 14.6. The van der Waals surface area contributed by atoms with Crippen LogP contribution in [0.3, 0.4) is 0 Å². The van der Waals surface area contributed by atoms with E-state index in [9.17, 15) is 4.79 Å². The number of hydrogen-bond acceptors (Lipinski definition) is 5. The van der Waals surface area contributed by atoms with Gasteiger partial charge in [0.05, 0.1) is 5.69 Å². The maximum absolute atomic E-state index is 10.7. The SMILES string of the molecule is CN(C)c1ccc(-c2ncccc2CN2CCN(c3ccc([C]=O)cc3)CC2)cc1. The van der Waals surface area contributed by atoms with E-state index in [-0.39, 0.29) is 0 Å². The molecule has 153 valence electrons. The molecule has 0 N–H and O–H groups in total. The Kier molecular flexibility index (Phi) is 6.10. The fraction of sp³-hybridized carbons (Fsp3) is 0.280. The summed E-state index contributed by atoms with van der Waals surface area (Å²) in [6.07, 6.45) is 3.81. The summed E-state index contributed by atoms with van der Waals surface area (Å²) >= 11 is 0. The Balaban J connectivity index is 1.42. The molecule has 1 aliphatic heterocycles. The van der Waals surface area contributed by atoms with Crippen molar-refractivity contribution < 1.29 is 4.79 Å². The summed E-state index contributed by atoms with van der Waals surface area (Å²) in [5.41, 5.74) is 6.42. The molecule has 0 bridgehead atoms. The van der Waals surface area contributed by atoms with Crippen LogP contribution in [0.2, 0.25) is 0 Å². The highest BCUT2D eigenvalue weighted by molar-refractivity contribution is 5.76. The Bertz CT molecular complexity index is 975. The highest BCUT2D eigenvalue weighted by atomic mass is 16.1. The lowest BCUT2D eigenvalue weighted by Crippen LogP contribution is -2.46. The third-order valence-electron chi connectivity index (χ3n) is 5.66. The summed E-state index contributed by atoms with van der Waals surface area (Å²) in [6.45, 7) is 4.82. The maximum atomic E-state index is 10.7. The van der Waals surface area contributed by atoms with E-state index < -0.39 is 0 Å². The van der Waals surface area contributed by atoms with Gasteiger partial charge in [0.2, 0.25) is 6.29 Å². The minimum absolute atomic E-state index is 0.597. The molecule has 2 aromatic carbocycles. The zero-order valence-corrected chi connectivity index (χ0v) is 17.6. The maximum Gasteiger partial charge on any atom is 0.233 e. The third-order valence-corrected chi connectivity index (χ3v) is 5.66. The number of nitrogens with zero attached hydrogens (tertiary/aromatic N) is 4. The number of piperazine rings is 1. The van der Waals surface area contributed by atoms with Crippen LogP contribution in [0.1, 0.15) is 11.1 Å². The van der Waals surface area contributed by atoms with Gasteiger partial charge in [-0.1, -0.05) is 18.2 Å². The first-order valence-electron chi connectivity index (χ1n) is 10.3. The Labute approximate surface area is 178 Å². The topological polar surface area (TPSA) is 39.7 Å². The van der Waals surface area contributed by atoms with Gasteiger partial charge < -0.3 is 9.80 Å². The van der Waals surface area contributed by atoms with E-state index in [2.05, 4.69) is 64.1 Å². The normalized spacial score (nSPS) is 14.5. The van der Waals surface area contributed by atoms with E-state index in [4.69, 9.17) is 0 Å². The van der Waals surface area contributed by atoms with Gasteiger partial charge in [-0.2, -0.15) is 0 Å². The second-order valence-electron chi connectivity index (χ2n) is 7.86. The average Bonchev–Trinajstić information content (AvgIpc) is 2.80. The van der Waals surface area contributed by atoms with E-state index in [1.165, 1.54) is 11.3 Å². The molecule has 1 aliphatic rings. The van der Waals surface area contributed by atoms with Crippen LogP contribution in [0.4, 0.5) is 11.4 Å². The summed E-state index contributed by atoms with van der Waals surface area (Å²) in [5, 5.41) is 0. The molecule has 1 radical (unpaired) electrons. The van der Waals surface area contributed by atoms with E-state index in [1.807, 2.05) is 42.8 Å². The van der Waals surface area contributed by atoms with Gasteiger partial charge >= 0.3 is 0 Å². The van der Waals surface area contributed by atoms with Crippen molar-refractivity contribution in [1.82, 2.24) is 9.88 Å². The number of benzene rings is 2. The van der Waals surface area contributed by atoms with Gasteiger partial charge in [-0.3, -0.25) is 14.7 Å². The molecule has 0 amide bonds. The molecule has 0 aliphatic carbocycles. The van der Waals surface area contributed by atoms with Crippen LogP contribution in [-0.2, 0) is 11.3 Å². The second kappa shape index (κ2) is 9.09. The molecule has 3 aromatic rings. The lowest BCUT2D eigenvalue weighted by molar-refractivity contribution is 0.250. The lowest BCUT2D eigenvalue weighted by Gasteiger charge is -2.36. The molecule has 4 rings (SSSR count). The number of aromatic nitrogens is 1. The van der Waals surface area contributed by atoms with Crippen molar-refractivity contribution in [2.24, 2.45) is 0 Å². The van der Waals surface area contributed by atoms with Gasteiger partial charge in [-0.15, -0.1) is 0 Å². The number of pyridine rings is 1. The predicted molar refractivity (Wildman–Crippen MR) is 123 cm³/mol. The molecular weight excluding hydrogens is 372 g/mol. The minimum atomic E-state index is 0.597. The first-order valence-corrected chi connectivity index (χ1v) is 10.3. The molecule has 5 heteroatoms. The summed E-state index contributed by atoms with van der Waals surface area (Å²) in [6, 6.07) is 20.5. The van der Waals surface area contributed by atoms with Crippen LogP contribution in [-0.4, -0.2) is 56.4 Å². The highest BCUT2D eigenvalue weighted by Crippen LogP contribution is 2.25. The Morgan fingerprint density at radius 3 is 2.27 bits per heavy atom. The van der Waals surface area contributed by atoms with E-state index in [0.29, 0.717) is 5.56 Å². The Morgan fingerprint density at radius 2 is 1.63 bits per heavy atom. The summed E-state index contributed by atoms with van der Waals surface area (Å²) in [7, 11) is 4.10. The van der Waals surface area contributed by atoms with Crippen LogP contribution in [0.5, 0.6) is 0 Å². The van der Waals surface area contributed by atoms with Crippen molar-refractivity contribution in [3.05, 3.63) is 78.0 Å². The van der Waals surface area contributed by atoms with Crippen molar-refractivity contribution in [2.75, 3.05) is 50.1 Å². The largest absolute Gasteiger partial charge is 0.378 e. The molecule has 2 heterocycles. The lowest BCUT2D eigenvalue weighted by atomic mass is 10.0. The van der Waals surface area contributed by atoms with Crippen LogP contribution in [0, 0.1) is 0 Å². The van der Waals surface area contributed by atoms with Gasteiger partial charge in [0.25, 0.3) is 0 Å². The van der Waals surface area contributed by atoms with Crippen LogP contribution in [0.15, 0.2) is 66.9 Å². The summed E-state index contributed by atoms with van der Waals surface area (Å²) in [5.74, 6) is 0. The standard InChI is InChI=1S/C25H27N4O/c1-27(2)23-11-7-21(8-12-23)25-22(4-3-13-26-25)18-28-14-16-29(17-15-28)24-9-5-20(19-30)6-10-24/h3-13H,14-18H2,1-2H3. The first kappa shape index (κ1) is 20.1. The second-order valence-corrected chi connectivity index (χ2v) is 7.86. The fourth-order valence-electron chi connectivity index (χ4n) is 3.89. The van der Waals surface area contributed by atoms with Gasteiger partial charge in [0.1, 0.15) is 0 Å². The molecule has 1 saturated heterocycles. The highest BCUT2D eigenvalue weighted by Gasteiger charge is 2.19. The Hall–Kier alpha value is -3.18. The molecule has 30 heavy (non-hydrogen) atoms. The minimum Gasteiger partial charge on any atom is -0.378 e. The predicted octanol–water partition coefficient (Wildman–Crippen LogP) is 3.59. The summed E-state index contributed by atoms with van der Waals surface area (Å²) in [4.78, 5) is 22.4. The smallest absolute Gasteiger partial charge is 0.233 e. The molecule has 0 spiro atoms. The quantitative estimate of drug-likeness (QED) is 0.633.